The summed E-state index contributed by atoms with van der Waals surface area (Å²) < 4.78 is 0. The Morgan fingerprint density at radius 1 is 1.15 bits per heavy atom. The Kier molecular flexibility index (Phi) is 6.24. The Hall–Kier alpha value is -2.66. The lowest BCUT2D eigenvalue weighted by atomic mass is 10.2. The molecule has 0 spiro atoms. The van der Waals surface area contributed by atoms with Crippen molar-refractivity contribution in [2.45, 2.75) is 32.7 Å². The van der Waals surface area contributed by atoms with Crippen molar-refractivity contribution in [3.63, 3.8) is 0 Å². The van der Waals surface area contributed by atoms with Crippen molar-refractivity contribution in [2.24, 2.45) is 0 Å². The molecular formula is C21H23ClN4O. The smallest absolute Gasteiger partial charge is 0.221 e. The molecule has 0 aliphatic carbocycles. The lowest BCUT2D eigenvalue weighted by Crippen LogP contribution is -2.33. The van der Waals surface area contributed by atoms with Crippen LogP contribution in [0.3, 0.4) is 0 Å². The lowest BCUT2D eigenvalue weighted by Gasteiger charge is -2.13. The van der Waals surface area contributed by atoms with Gasteiger partial charge >= 0.3 is 0 Å². The predicted molar refractivity (Wildman–Crippen MR) is 111 cm³/mol. The van der Waals surface area contributed by atoms with Crippen LogP contribution in [0.4, 0.5) is 5.82 Å². The summed E-state index contributed by atoms with van der Waals surface area (Å²) in [6.07, 6.45) is 1.29. The summed E-state index contributed by atoms with van der Waals surface area (Å²) in [5.74, 6) is 1.35. The summed E-state index contributed by atoms with van der Waals surface area (Å²) >= 11 is 6.14. The molecule has 2 aromatic carbocycles. The van der Waals surface area contributed by atoms with Crippen LogP contribution >= 0.6 is 11.6 Å². The van der Waals surface area contributed by atoms with Crippen LogP contribution in [-0.4, -0.2) is 28.5 Å². The van der Waals surface area contributed by atoms with E-state index in [1.165, 1.54) is 0 Å². The standard InChI is InChI=1S/C21H23ClN4O/c1-3-14(2)24-19(27)11-12-23-21-17-10-9-16(22)13-18(17)25-20(26-21)15-7-5-4-6-8-15/h4-10,13-14H,3,11-12H2,1-2H3,(H,24,27)(H,23,25,26). The molecule has 1 atom stereocenters. The normalized spacial score (nSPS) is 12.0. The third kappa shape index (κ3) is 4.95. The average molecular weight is 383 g/mol. The van der Waals surface area contributed by atoms with E-state index in [1.54, 1.807) is 0 Å². The quantitative estimate of drug-likeness (QED) is 0.623. The zero-order chi connectivity index (χ0) is 19.2. The van der Waals surface area contributed by atoms with Crippen molar-refractivity contribution in [3.8, 4) is 11.4 Å². The maximum Gasteiger partial charge on any atom is 0.221 e. The fourth-order valence-electron chi connectivity index (χ4n) is 2.70. The number of nitrogens with one attached hydrogen (secondary N) is 2. The minimum Gasteiger partial charge on any atom is -0.369 e. The number of anilines is 1. The first-order chi connectivity index (χ1) is 13.1. The summed E-state index contributed by atoms with van der Waals surface area (Å²) in [5, 5.41) is 7.75. The molecule has 0 aliphatic heterocycles. The highest BCUT2D eigenvalue weighted by molar-refractivity contribution is 6.31. The molecule has 0 bridgehead atoms. The Bertz CT molecular complexity index is 930. The fraction of sp³-hybridized carbons (Fsp3) is 0.286. The van der Waals surface area contributed by atoms with Gasteiger partial charge in [-0.05, 0) is 31.5 Å². The van der Waals surface area contributed by atoms with Gasteiger partial charge in [0.2, 0.25) is 5.91 Å². The lowest BCUT2D eigenvalue weighted by molar-refractivity contribution is -0.121. The van der Waals surface area contributed by atoms with Gasteiger partial charge in [0.1, 0.15) is 5.82 Å². The molecule has 1 heterocycles. The van der Waals surface area contributed by atoms with Gasteiger partial charge in [0.15, 0.2) is 5.82 Å². The van der Waals surface area contributed by atoms with E-state index in [4.69, 9.17) is 11.6 Å². The zero-order valence-electron chi connectivity index (χ0n) is 15.5. The number of fused-ring (bicyclic) bond motifs is 1. The predicted octanol–water partition coefficient (Wildman–Crippen LogP) is 4.67. The summed E-state index contributed by atoms with van der Waals surface area (Å²) in [6, 6.07) is 15.5. The van der Waals surface area contributed by atoms with Gasteiger partial charge in [-0.25, -0.2) is 9.97 Å². The van der Waals surface area contributed by atoms with E-state index in [1.807, 2.05) is 62.4 Å². The highest BCUT2D eigenvalue weighted by Crippen LogP contribution is 2.27. The Balaban J connectivity index is 1.84. The maximum absolute atomic E-state index is 12.0. The molecule has 0 saturated heterocycles. The van der Waals surface area contributed by atoms with Crippen LogP contribution in [0.1, 0.15) is 26.7 Å². The molecular weight excluding hydrogens is 360 g/mol. The number of rotatable bonds is 7. The largest absolute Gasteiger partial charge is 0.369 e. The van der Waals surface area contributed by atoms with Crippen molar-refractivity contribution in [1.82, 2.24) is 15.3 Å². The van der Waals surface area contributed by atoms with Gasteiger partial charge < -0.3 is 10.6 Å². The first-order valence-electron chi connectivity index (χ1n) is 9.12. The van der Waals surface area contributed by atoms with Crippen LogP contribution in [0.25, 0.3) is 22.3 Å². The molecule has 27 heavy (non-hydrogen) atoms. The van der Waals surface area contributed by atoms with Gasteiger partial charge in [-0.3, -0.25) is 4.79 Å². The van der Waals surface area contributed by atoms with Gasteiger partial charge in [0.25, 0.3) is 0 Å². The Morgan fingerprint density at radius 2 is 1.93 bits per heavy atom. The minimum absolute atomic E-state index is 0.0292. The molecule has 0 radical (unpaired) electrons. The van der Waals surface area contributed by atoms with Crippen molar-refractivity contribution in [1.29, 1.82) is 0 Å². The number of amides is 1. The molecule has 1 unspecified atom stereocenters. The number of nitrogens with zero attached hydrogens (tertiary/aromatic N) is 2. The number of carbonyl (C=O) groups is 1. The maximum atomic E-state index is 12.0. The summed E-state index contributed by atoms with van der Waals surface area (Å²) in [6.45, 7) is 4.54. The van der Waals surface area contributed by atoms with Crippen LogP contribution in [0, 0.1) is 0 Å². The van der Waals surface area contributed by atoms with E-state index >= 15 is 0 Å². The molecule has 0 saturated carbocycles. The molecule has 2 N–H and O–H groups in total. The van der Waals surface area contributed by atoms with Crippen molar-refractivity contribution in [2.75, 3.05) is 11.9 Å². The SMILES string of the molecule is CCC(C)NC(=O)CCNc1nc(-c2ccccc2)nc2cc(Cl)ccc12. The van der Waals surface area contributed by atoms with Gasteiger partial charge in [0, 0.05) is 35.0 Å². The number of benzene rings is 2. The number of hydrogen-bond acceptors (Lipinski definition) is 4. The third-order valence-corrected chi connectivity index (χ3v) is 4.59. The zero-order valence-corrected chi connectivity index (χ0v) is 16.3. The van der Waals surface area contributed by atoms with E-state index < -0.39 is 0 Å². The second-order valence-electron chi connectivity index (χ2n) is 6.48. The molecule has 3 aromatic rings. The van der Waals surface area contributed by atoms with E-state index in [2.05, 4.69) is 20.6 Å². The molecule has 6 heteroatoms. The first-order valence-corrected chi connectivity index (χ1v) is 9.50. The minimum atomic E-state index is 0.0292. The fourth-order valence-corrected chi connectivity index (χ4v) is 2.86. The highest BCUT2D eigenvalue weighted by Gasteiger charge is 2.11. The summed E-state index contributed by atoms with van der Waals surface area (Å²) in [5.41, 5.74) is 1.69. The number of aromatic nitrogens is 2. The molecule has 0 aliphatic rings. The van der Waals surface area contributed by atoms with Crippen molar-refractivity contribution >= 4 is 34.2 Å². The molecule has 140 valence electrons. The molecule has 3 rings (SSSR count). The topological polar surface area (TPSA) is 66.9 Å². The third-order valence-electron chi connectivity index (χ3n) is 4.36. The van der Waals surface area contributed by atoms with Crippen LogP contribution in [-0.2, 0) is 4.79 Å². The monoisotopic (exact) mass is 382 g/mol. The van der Waals surface area contributed by atoms with Crippen LogP contribution in [0.5, 0.6) is 0 Å². The van der Waals surface area contributed by atoms with Gasteiger partial charge in [-0.15, -0.1) is 0 Å². The van der Waals surface area contributed by atoms with Crippen molar-refractivity contribution in [3.05, 3.63) is 53.6 Å². The van der Waals surface area contributed by atoms with E-state index in [-0.39, 0.29) is 11.9 Å². The summed E-state index contributed by atoms with van der Waals surface area (Å²) in [7, 11) is 0. The first kappa shape index (κ1) is 19.1. The van der Waals surface area contributed by atoms with Crippen LogP contribution in [0.15, 0.2) is 48.5 Å². The summed E-state index contributed by atoms with van der Waals surface area (Å²) in [4.78, 5) is 21.3. The Labute approximate surface area is 164 Å². The van der Waals surface area contributed by atoms with Crippen LogP contribution < -0.4 is 10.6 Å². The van der Waals surface area contributed by atoms with Gasteiger partial charge in [-0.1, -0.05) is 48.9 Å². The number of halogens is 1. The number of carbonyl (C=O) groups excluding carboxylic acids is 1. The molecule has 1 aromatic heterocycles. The number of hydrogen-bond donors (Lipinski definition) is 2. The van der Waals surface area contributed by atoms with Crippen LogP contribution in [0.2, 0.25) is 5.02 Å². The molecule has 1 amide bonds. The van der Waals surface area contributed by atoms with Crippen molar-refractivity contribution < 1.29 is 4.79 Å². The van der Waals surface area contributed by atoms with Gasteiger partial charge in [0.05, 0.1) is 5.52 Å². The molecule has 5 nitrogen and oxygen atoms in total. The second-order valence-corrected chi connectivity index (χ2v) is 6.91. The van der Waals surface area contributed by atoms with E-state index in [0.717, 1.165) is 22.9 Å². The Morgan fingerprint density at radius 3 is 2.67 bits per heavy atom. The van der Waals surface area contributed by atoms with Gasteiger partial charge in [-0.2, -0.15) is 0 Å². The van der Waals surface area contributed by atoms with E-state index in [9.17, 15) is 4.79 Å². The molecule has 0 fully saturated rings. The van der Waals surface area contributed by atoms with E-state index in [0.29, 0.717) is 29.6 Å². The second kappa shape index (κ2) is 8.82. The highest BCUT2D eigenvalue weighted by atomic mass is 35.5. The average Bonchev–Trinajstić information content (AvgIpc) is 2.68.